The number of carbonyl (C=O) groups excluding carboxylic acids is 1. The quantitative estimate of drug-likeness (QED) is 0.364. The molecule has 2 aromatic carbocycles. The summed E-state index contributed by atoms with van der Waals surface area (Å²) < 4.78 is 17.1. The molecule has 0 aliphatic heterocycles. The van der Waals surface area contributed by atoms with Gasteiger partial charge in [-0.25, -0.2) is 4.98 Å². The van der Waals surface area contributed by atoms with Crippen molar-refractivity contribution in [3.63, 3.8) is 0 Å². The van der Waals surface area contributed by atoms with Crippen molar-refractivity contribution in [3.05, 3.63) is 77.5 Å². The van der Waals surface area contributed by atoms with Crippen molar-refractivity contribution in [1.29, 1.82) is 0 Å². The SMILES string of the molecule is CCOc1ccc(Oc2ccccc2NC(=O)Cc2nc(-c3cccs3)oc2C)cc1. The van der Waals surface area contributed by atoms with E-state index in [0.717, 1.165) is 10.6 Å². The van der Waals surface area contributed by atoms with Crippen LogP contribution in [-0.4, -0.2) is 17.5 Å². The number of nitrogens with one attached hydrogen (secondary N) is 1. The molecular weight excluding hydrogens is 412 g/mol. The van der Waals surface area contributed by atoms with Gasteiger partial charge in [0.05, 0.1) is 29.3 Å². The van der Waals surface area contributed by atoms with Gasteiger partial charge in [0.2, 0.25) is 11.8 Å². The number of para-hydroxylation sites is 2. The maximum Gasteiger partial charge on any atom is 0.236 e. The minimum atomic E-state index is -0.197. The summed E-state index contributed by atoms with van der Waals surface area (Å²) in [4.78, 5) is 18.1. The molecule has 0 fully saturated rings. The van der Waals surface area contributed by atoms with Crippen molar-refractivity contribution in [1.82, 2.24) is 4.98 Å². The molecule has 158 valence electrons. The van der Waals surface area contributed by atoms with Crippen molar-refractivity contribution in [2.24, 2.45) is 0 Å². The number of rotatable bonds is 8. The Kier molecular flexibility index (Phi) is 6.33. The second-order valence-electron chi connectivity index (χ2n) is 6.73. The van der Waals surface area contributed by atoms with Crippen LogP contribution in [0.1, 0.15) is 18.4 Å². The van der Waals surface area contributed by atoms with Gasteiger partial charge < -0.3 is 19.2 Å². The minimum absolute atomic E-state index is 0.109. The van der Waals surface area contributed by atoms with Crippen molar-refractivity contribution in [3.8, 4) is 28.0 Å². The monoisotopic (exact) mass is 434 g/mol. The lowest BCUT2D eigenvalue weighted by atomic mass is 10.2. The molecule has 0 saturated carbocycles. The maximum absolute atomic E-state index is 12.7. The fourth-order valence-corrected chi connectivity index (χ4v) is 3.65. The Labute approximate surface area is 184 Å². The third-order valence-corrected chi connectivity index (χ3v) is 5.33. The van der Waals surface area contributed by atoms with Crippen LogP contribution >= 0.6 is 11.3 Å². The topological polar surface area (TPSA) is 73.6 Å². The van der Waals surface area contributed by atoms with Crippen LogP contribution in [0.2, 0.25) is 0 Å². The second-order valence-corrected chi connectivity index (χ2v) is 7.67. The van der Waals surface area contributed by atoms with E-state index in [1.165, 1.54) is 0 Å². The zero-order valence-electron chi connectivity index (χ0n) is 17.3. The van der Waals surface area contributed by atoms with Gasteiger partial charge >= 0.3 is 0 Å². The number of amides is 1. The van der Waals surface area contributed by atoms with Crippen LogP contribution in [0, 0.1) is 6.92 Å². The number of ether oxygens (including phenoxy) is 2. The summed E-state index contributed by atoms with van der Waals surface area (Å²) in [6, 6.07) is 18.5. The molecule has 0 radical (unpaired) electrons. The average molecular weight is 435 g/mol. The van der Waals surface area contributed by atoms with E-state index < -0.39 is 0 Å². The standard InChI is InChI=1S/C24H22N2O4S/c1-3-28-17-10-12-18(13-11-17)30-21-8-5-4-7-19(21)25-23(27)15-20-16(2)29-24(26-20)22-9-6-14-31-22/h4-14H,3,15H2,1-2H3,(H,25,27). The number of aryl methyl sites for hydroxylation is 1. The van der Waals surface area contributed by atoms with Crippen LogP contribution in [0.4, 0.5) is 5.69 Å². The molecule has 0 spiro atoms. The number of carbonyl (C=O) groups is 1. The molecule has 4 rings (SSSR count). The third kappa shape index (κ3) is 5.13. The molecular formula is C24H22N2O4S. The highest BCUT2D eigenvalue weighted by Crippen LogP contribution is 2.31. The van der Waals surface area contributed by atoms with Crippen molar-refractivity contribution < 1.29 is 18.7 Å². The molecule has 7 heteroatoms. The smallest absolute Gasteiger partial charge is 0.236 e. The van der Waals surface area contributed by atoms with E-state index in [0.29, 0.717) is 41.1 Å². The molecule has 0 aliphatic carbocycles. The number of aromatic nitrogens is 1. The molecule has 0 unspecified atom stereocenters. The summed E-state index contributed by atoms with van der Waals surface area (Å²) in [5.41, 5.74) is 1.20. The molecule has 0 aliphatic rings. The van der Waals surface area contributed by atoms with Gasteiger partial charge in [0.1, 0.15) is 17.3 Å². The number of oxazole rings is 1. The van der Waals surface area contributed by atoms with E-state index in [1.807, 2.05) is 73.8 Å². The van der Waals surface area contributed by atoms with Gasteiger partial charge in [0, 0.05) is 0 Å². The van der Waals surface area contributed by atoms with E-state index in [2.05, 4.69) is 10.3 Å². The molecule has 1 N–H and O–H groups in total. The first-order chi connectivity index (χ1) is 15.1. The lowest BCUT2D eigenvalue weighted by molar-refractivity contribution is -0.115. The Hall–Kier alpha value is -3.58. The molecule has 1 amide bonds. The number of hydrogen-bond donors (Lipinski definition) is 1. The van der Waals surface area contributed by atoms with Crippen LogP contribution in [0.5, 0.6) is 17.2 Å². The molecule has 0 bridgehead atoms. The van der Waals surface area contributed by atoms with Gasteiger partial charge in [-0.2, -0.15) is 0 Å². The Balaban J connectivity index is 1.44. The van der Waals surface area contributed by atoms with E-state index >= 15 is 0 Å². The first-order valence-corrected chi connectivity index (χ1v) is 10.8. The summed E-state index contributed by atoms with van der Waals surface area (Å²) in [5, 5.41) is 4.88. The third-order valence-electron chi connectivity index (χ3n) is 4.48. The van der Waals surface area contributed by atoms with Crippen LogP contribution in [0.15, 0.2) is 70.5 Å². The lowest BCUT2D eigenvalue weighted by Crippen LogP contribution is -2.15. The predicted octanol–water partition coefficient (Wildman–Crippen LogP) is 6.08. The van der Waals surface area contributed by atoms with Crippen LogP contribution in [-0.2, 0) is 11.2 Å². The number of hydrogen-bond acceptors (Lipinski definition) is 6. The van der Waals surface area contributed by atoms with Crippen LogP contribution < -0.4 is 14.8 Å². The summed E-state index contributed by atoms with van der Waals surface area (Å²) in [6.45, 7) is 4.36. The highest BCUT2D eigenvalue weighted by atomic mass is 32.1. The number of benzene rings is 2. The Bertz CT molecular complexity index is 1150. The summed E-state index contributed by atoms with van der Waals surface area (Å²) in [5.74, 6) is 2.96. The van der Waals surface area contributed by atoms with Gasteiger partial charge in [-0.3, -0.25) is 4.79 Å². The molecule has 0 saturated heterocycles. The van der Waals surface area contributed by atoms with Crippen molar-refractivity contribution >= 4 is 22.9 Å². The van der Waals surface area contributed by atoms with Gasteiger partial charge in [0.15, 0.2) is 5.75 Å². The minimum Gasteiger partial charge on any atom is -0.494 e. The lowest BCUT2D eigenvalue weighted by Gasteiger charge is -2.12. The van der Waals surface area contributed by atoms with E-state index in [4.69, 9.17) is 13.9 Å². The fraction of sp³-hybridized carbons (Fsp3) is 0.167. The first-order valence-electron chi connectivity index (χ1n) is 9.92. The summed E-state index contributed by atoms with van der Waals surface area (Å²) >= 11 is 1.54. The normalized spacial score (nSPS) is 10.6. The molecule has 2 heterocycles. The molecule has 6 nitrogen and oxygen atoms in total. The summed E-state index contributed by atoms with van der Waals surface area (Å²) in [6.07, 6.45) is 0.109. The molecule has 4 aromatic rings. The Morgan fingerprint density at radius 2 is 1.84 bits per heavy atom. The van der Waals surface area contributed by atoms with Crippen molar-refractivity contribution in [2.45, 2.75) is 20.3 Å². The number of nitrogens with zero attached hydrogens (tertiary/aromatic N) is 1. The zero-order valence-corrected chi connectivity index (χ0v) is 18.1. The van der Waals surface area contributed by atoms with Crippen LogP contribution in [0.25, 0.3) is 10.8 Å². The molecule has 2 aromatic heterocycles. The zero-order chi connectivity index (χ0) is 21.6. The second kappa shape index (κ2) is 9.49. The predicted molar refractivity (Wildman–Crippen MR) is 121 cm³/mol. The van der Waals surface area contributed by atoms with E-state index in [9.17, 15) is 4.79 Å². The fourth-order valence-electron chi connectivity index (χ4n) is 3.00. The van der Waals surface area contributed by atoms with E-state index in [1.54, 1.807) is 17.4 Å². The maximum atomic E-state index is 12.7. The Morgan fingerprint density at radius 3 is 2.58 bits per heavy atom. The molecule has 31 heavy (non-hydrogen) atoms. The molecule has 0 atom stereocenters. The van der Waals surface area contributed by atoms with Gasteiger partial charge in [-0.05, 0) is 61.7 Å². The van der Waals surface area contributed by atoms with Gasteiger partial charge in [0.25, 0.3) is 0 Å². The van der Waals surface area contributed by atoms with E-state index in [-0.39, 0.29) is 12.3 Å². The number of anilines is 1. The largest absolute Gasteiger partial charge is 0.494 e. The van der Waals surface area contributed by atoms with Crippen LogP contribution in [0.3, 0.4) is 0 Å². The van der Waals surface area contributed by atoms with Gasteiger partial charge in [-0.15, -0.1) is 11.3 Å². The highest BCUT2D eigenvalue weighted by molar-refractivity contribution is 7.13. The highest BCUT2D eigenvalue weighted by Gasteiger charge is 2.16. The van der Waals surface area contributed by atoms with Gasteiger partial charge in [-0.1, -0.05) is 18.2 Å². The summed E-state index contributed by atoms with van der Waals surface area (Å²) in [7, 11) is 0. The number of thiophene rings is 1. The average Bonchev–Trinajstić information content (AvgIpc) is 3.41. The first kappa shape index (κ1) is 20.7. The van der Waals surface area contributed by atoms with Crippen molar-refractivity contribution in [2.75, 3.05) is 11.9 Å². The Morgan fingerprint density at radius 1 is 1.06 bits per heavy atom.